The summed E-state index contributed by atoms with van der Waals surface area (Å²) in [6.45, 7) is -0.532. The molecule has 2 aliphatic rings. The van der Waals surface area contributed by atoms with E-state index < -0.39 is 122 Å². The van der Waals surface area contributed by atoms with Crippen molar-refractivity contribution in [2.75, 3.05) is 13.2 Å². The van der Waals surface area contributed by atoms with E-state index >= 15 is 0 Å². The summed E-state index contributed by atoms with van der Waals surface area (Å²) in [6, 6.07) is 4.97. The third kappa shape index (κ3) is 11.3. The van der Waals surface area contributed by atoms with Crippen molar-refractivity contribution in [3.8, 4) is 0 Å². The topological polar surface area (TPSA) is 324 Å². The summed E-state index contributed by atoms with van der Waals surface area (Å²) < 4.78 is 22.0. The monoisotopic (exact) mass is 734 g/mol. The molecule has 21 heteroatoms. The molecule has 9 N–H and O–H groups in total. The number of aliphatic imine (C=N–C) groups is 2. The summed E-state index contributed by atoms with van der Waals surface area (Å²) >= 11 is 0. The number of aliphatic hydroxyl groups excluding tert-OH is 7. The SMILES string of the molecule is CC([O-])=N[C@H]1[C@H]([C@H](O)[C@H](O)CO)O[C@@](OC[C@@H](O)[C@@H](O)[C@@H]2O[C@@](OCc3ccccc3)(C(=O)O)C[C@H](O)[C@H]2N=C(C)[O-])(C(=O)O)C[C@@H]1O.[Na+].[Na+]. The van der Waals surface area contributed by atoms with E-state index in [-0.39, 0.29) is 65.7 Å². The summed E-state index contributed by atoms with van der Waals surface area (Å²) in [7, 11) is 0. The number of hydrogen-bond donors (Lipinski definition) is 9. The van der Waals surface area contributed by atoms with E-state index in [1.165, 1.54) is 0 Å². The van der Waals surface area contributed by atoms with Gasteiger partial charge in [0.15, 0.2) is 0 Å². The summed E-state index contributed by atoms with van der Waals surface area (Å²) in [5.41, 5.74) is 0.513. The molecule has 19 nitrogen and oxygen atoms in total. The van der Waals surface area contributed by atoms with Crippen molar-refractivity contribution < 1.29 is 144 Å². The Morgan fingerprint density at radius 1 is 0.820 bits per heavy atom. The van der Waals surface area contributed by atoms with Crippen LogP contribution in [0, 0.1) is 0 Å². The van der Waals surface area contributed by atoms with Crippen LogP contribution < -0.4 is 69.3 Å². The molecule has 50 heavy (non-hydrogen) atoms. The Balaban J connectivity index is 0.00000625. The summed E-state index contributed by atoms with van der Waals surface area (Å²) in [5.74, 6) is -10.9. The second kappa shape index (κ2) is 20.2. The maximum atomic E-state index is 12.4. The Kier molecular flexibility index (Phi) is 18.9. The van der Waals surface area contributed by atoms with Crippen LogP contribution in [-0.4, -0.2) is 155 Å². The van der Waals surface area contributed by atoms with Gasteiger partial charge in [0.1, 0.15) is 48.7 Å². The molecule has 2 heterocycles. The fourth-order valence-electron chi connectivity index (χ4n) is 5.41. The number of carboxylic acids is 2. The first-order valence-corrected chi connectivity index (χ1v) is 14.7. The van der Waals surface area contributed by atoms with E-state index in [1.807, 2.05) is 0 Å². The van der Waals surface area contributed by atoms with Gasteiger partial charge >= 0.3 is 71.1 Å². The largest absolute Gasteiger partial charge is 1.00 e. The molecule has 3 rings (SSSR count). The minimum absolute atomic E-state index is 0. The molecular weight excluding hydrogens is 694 g/mol. The van der Waals surface area contributed by atoms with Gasteiger partial charge in [0.2, 0.25) is 0 Å². The van der Waals surface area contributed by atoms with Gasteiger partial charge < -0.3 is 75.1 Å². The smallest absolute Gasteiger partial charge is 0.862 e. The molecule has 2 aliphatic heterocycles. The van der Waals surface area contributed by atoms with Crippen molar-refractivity contribution >= 4 is 23.7 Å². The molecule has 0 aliphatic carbocycles. The Morgan fingerprint density at radius 3 is 1.64 bits per heavy atom. The summed E-state index contributed by atoms with van der Waals surface area (Å²) in [4.78, 5) is 32.1. The van der Waals surface area contributed by atoms with Crippen LogP contribution in [-0.2, 0) is 35.1 Å². The number of ether oxygens (including phenoxy) is 4. The van der Waals surface area contributed by atoms with Gasteiger partial charge in [-0.3, -0.25) is 9.98 Å². The summed E-state index contributed by atoms with van der Waals surface area (Å²) in [6.07, 6.45) is -17.7. The number of carboxylic acid groups (broad SMARTS) is 2. The number of rotatable bonds is 15. The molecule has 12 atom stereocenters. The van der Waals surface area contributed by atoms with Gasteiger partial charge in [-0.05, 0) is 31.2 Å². The van der Waals surface area contributed by atoms with Crippen LogP contribution in [0.5, 0.6) is 0 Å². The second-order valence-corrected chi connectivity index (χ2v) is 11.5. The number of carbonyl (C=O) groups is 2. The minimum Gasteiger partial charge on any atom is -0.862 e. The molecule has 1 aromatic carbocycles. The molecule has 2 saturated heterocycles. The first-order valence-electron chi connectivity index (χ1n) is 14.7. The predicted octanol–water partition coefficient (Wildman–Crippen LogP) is -11.2. The molecule has 2 fully saturated rings. The maximum absolute atomic E-state index is 12.4. The van der Waals surface area contributed by atoms with Gasteiger partial charge in [0, 0.05) is 12.8 Å². The zero-order chi connectivity index (χ0) is 36.0. The molecule has 0 radical (unpaired) electrons. The number of aliphatic carboxylic acids is 2. The van der Waals surface area contributed by atoms with Crippen molar-refractivity contribution in [2.45, 2.75) is 106 Å². The van der Waals surface area contributed by atoms with Crippen LogP contribution in [0.1, 0.15) is 32.3 Å². The normalized spacial score (nSPS) is 32.8. The fourth-order valence-corrected chi connectivity index (χ4v) is 5.41. The number of benzene rings is 1. The predicted molar refractivity (Wildman–Crippen MR) is 154 cm³/mol. The molecule has 0 bridgehead atoms. The van der Waals surface area contributed by atoms with Gasteiger partial charge in [0.05, 0.1) is 32.0 Å². The van der Waals surface area contributed by atoms with Gasteiger partial charge in [0.25, 0.3) is 11.6 Å². The first kappa shape index (κ1) is 46.7. The maximum Gasteiger partial charge on any atom is 1.00 e. The molecule has 0 saturated carbocycles. The Labute approximate surface area is 330 Å². The van der Waals surface area contributed by atoms with Gasteiger partial charge in [-0.1, -0.05) is 30.3 Å². The molecule has 0 aromatic heterocycles. The van der Waals surface area contributed by atoms with E-state index in [0.29, 0.717) is 5.56 Å². The Morgan fingerprint density at radius 2 is 1.24 bits per heavy atom. The third-order valence-electron chi connectivity index (χ3n) is 7.83. The van der Waals surface area contributed by atoms with Crippen molar-refractivity contribution in [2.24, 2.45) is 9.98 Å². The van der Waals surface area contributed by atoms with Crippen LogP contribution >= 0.6 is 0 Å². The average molecular weight is 735 g/mol. The van der Waals surface area contributed by atoms with Crippen LogP contribution in [0.15, 0.2) is 40.3 Å². The van der Waals surface area contributed by atoms with Crippen molar-refractivity contribution in [3.63, 3.8) is 0 Å². The van der Waals surface area contributed by atoms with E-state index in [4.69, 9.17) is 18.9 Å². The quantitative estimate of drug-likeness (QED) is 0.0459. The van der Waals surface area contributed by atoms with Crippen LogP contribution in [0.2, 0.25) is 0 Å². The average Bonchev–Trinajstić information content (AvgIpc) is 3.03. The Hall–Kier alpha value is -1.34. The van der Waals surface area contributed by atoms with Crippen molar-refractivity contribution in [1.82, 2.24) is 0 Å². The second-order valence-electron chi connectivity index (χ2n) is 11.5. The number of hydrogen-bond acceptors (Lipinski definition) is 17. The van der Waals surface area contributed by atoms with Crippen LogP contribution in [0.4, 0.5) is 0 Å². The van der Waals surface area contributed by atoms with Gasteiger partial charge in [-0.2, -0.15) is 0 Å². The molecular formula is C29H40N2Na2O17. The molecule has 0 unspecified atom stereocenters. The first-order chi connectivity index (χ1) is 22.5. The fraction of sp³-hybridized carbons (Fsp3) is 0.655. The third-order valence-corrected chi connectivity index (χ3v) is 7.83. The minimum atomic E-state index is -2.91. The van der Waals surface area contributed by atoms with Crippen LogP contribution in [0.3, 0.4) is 0 Å². The van der Waals surface area contributed by atoms with Crippen molar-refractivity contribution in [3.05, 3.63) is 35.9 Å². The van der Waals surface area contributed by atoms with E-state index in [0.717, 1.165) is 13.8 Å². The molecule has 0 spiro atoms. The van der Waals surface area contributed by atoms with Crippen molar-refractivity contribution in [1.29, 1.82) is 0 Å². The Bertz CT molecular complexity index is 1300. The number of aliphatic hydroxyl groups is 7. The van der Waals surface area contributed by atoms with Gasteiger partial charge in [-0.25, -0.2) is 9.59 Å². The standard InChI is InChI=1S/C29H42N2O17.2Na/c1-13(33)30-20-17(36)9-29(27(43)44,47-24(20)22(39)18(37)10-32)46-12-19(38)23(40)25-21(31-14(2)34)16(35)8-28(48-25,26(41)42)45-11-15-6-4-3-5-7-15;;/h3-7,16-25,32,35-40H,8-12H2,1-2H3,(H,30,33)(H,31,34)(H,41,42)(H,43,44);;/q;2*+1/p-2/t16-,17-,18+,19+,20+,21+,22+,23+,24+,25+,28+,29+;;/m0../s1. The molecule has 270 valence electrons. The zero-order valence-corrected chi connectivity index (χ0v) is 31.9. The van der Waals surface area contributed by atoms with Crippen LogP contribution in [0.25, 0.3) is 0 Å². The molecule has 0 amide bonds. The van der Waals surface area contributed by atoms with E-state index in [1.54, 1.807) is 30.3 Å². The van der Waals surface area contributed by atoms with E-state index in [2.05, 4.69) is 9.98 Å². The number of nitrogens with zero attached hydrogens (tertiary/aromatic N) is 2. The van der Waals surface area contributed by atoms with E-state index in [9.17, 15) is 65.8 Å². The summed E-state index contributed by atoms with van der Waals surface area (Å²) in [5, 5.41) is 117. The molecule has 1 aromatic rings. The van der Waals surface area contributed by atoms with Gasteiger partial charge in [-0.15, -0.1) is 0 Å². The zero-order valence-electron chi connectivity index (χ0n) is 27.9.